The van der Waals surface area contributed by atoms with Gasteiger partial charge in [-0.1, -0.05) is 0 Å². The zero-order valence-electron chi connectivity index (χ0n) is 14.2. The van der Waals surface area contributed by atoms with Crippen molar-refractivity contribution in [3.05, 3.63) is 11.6 Å². The van der Waals surface area contributed by atoms with Gasteiger partial charge in [0, 0.05) is 19.6 Å². The standard InChI is InChI=1S/C15H27N5O3/c1-15(2,22)10-20-14(17-13(18-20)9-23-3)11-5-4-6-19(7-11)8-12(16)21/h11,22H,4-10H2,1-3H3,(H2,16,21). The molecular formula is C15H27N5O3. The lowest BCUT2D eigenvalue weighted by atomic mass is 9.97. The summed E-state index contributed by atoms with van der Waals surface area (Å²) >= 11 is 0. The van der Waals surface area contributed by atoms with Crippen LogP contribution in [0, 0.1) is 0 Å². The number of rotatable bonds is 7. The Morgan fingerprint density at radius 1 is 1.52 bits per heavy atom. The molecule has 0 radical (unpaired) electrons. The molecular weight excluding hydrogens is 298 g/mol. The SMILES string of the molecule is COCc1nc(C2CCCN(CC(N)=O)C2)n(CC(C)(C)O)n1. The monoisotopic (exact) mass is 325 g/mol. The van der Waals surface area contributed by atoms with E-state index in [-0.39, 0.29) is 18.4 Å². The van der Waals surface area contributed by atoms with E-state index in [1.54, 1.807) is 25.6 Å². The van der Waals surface area contributed by atoms with Crippen molar-refractivity contribution in [2.75, 3.05) is 26.7 Å². The van der Waals surface area contributed by atoms with Crippen molar-refractivity contribution in [3.8, 4) is 0 Å². The first-order valence-electron chi connectivity index (χ1n) is 7.94. The zero-order chi connectivity index (χ0) is 17.0. The number of nitrogens with two attached hydrogens (primary N) is 1. The number of carbonyl (C=O) groups excluding carboxylic acids is 1. The van der Waals surface area contributed by atoms with Crippen LogP contribution < -0.4 is 5.73 Å². The first kappa shape index (κ1) is 17.8. The van der Waals surface area contributed by atoms with Gasteiger partial charge in [0.05, 0.1) is 18.7 Å². The summed E-state index contributed by atoms with van der Waals surface area (Å²) in [7, 11) is 1.60. The van der Waals surface area contributed by atoms with Gasteiger partial charge in [-0.25, -0.2) is 9.67 Å². The zero-order valence-corrected chi connectivity index (χ0v) is 14.2. The Labute approximate surface area is 136 Å². The average Bonchev–Trinajstić information content (AvgIpc) is 2.79. The summed E-state index contributed by atoms with van der Waals surface area (Å²) in [4.78, 5) is 17.8. The van der Waals surface area contributed by atoms with Gasteiger partial charge < -0.3 is 15.6 Å². The number of nitrogens with zero attached hydrogens (tertiary/aromatic N) is 4. The van der Waals surface area contributed by atoms with Crippen molar-refractivity contribution in [2.24, 2.45) is 5.73 Å². The number of aliphatic hydroxyl groups is 1. The van der Waals surface area contributed by atoms with Crippen LogP contribution in [0.25, 0.3) is 0 Å². The third kappa shape index (κ3) is 5.26. The molecule has 1 unspecified atom stereocenters. The van der Waals surface area contributed by atoms with E-state index in [4.69, 9.17) is 10.5 Å². The van der Waals surface area contributed by atoms with Crippen LogP contribution in [-0.4, -0.2) is 63.0 Å². The molecule has 2 rings (SSSR count). The average molecular weight is 325 g/mol. The largest absolute Gasteiger partial charge is 0.389 e. The highest BCUT2D eigenvalue weighted by Gasteiger charge is 2.28. The first-order valence-corrected chi connectivity index (χ1v) is 7.94. The Bertz CT molecular complexity index is 538. The van der Waals surface area contributed by atoms with Gasteiger partial charge in [0.2, 0.25) is 5.91 Å². The van der Waals surface area contributed by atoms with Gasteiger partial charge in [-0.05, 0) is 33.2 Å². The van der Waals surface area contributed by atoms with Gasteiger partial charge in [0.25, 0.3) is 0 Å². The number of methoxy groups -OCH3 is 1. The van der Waals surface area contributed by atoms with Crippen LogP contribution in [0.2, 0.25) is 0 Å². The highest BCUT2D eigenvalue weighted by molar-refractivity contribution is 5.75. The fourth-order valence-corrected chi connectivity index (χ4v) is 3.01. The lowest BCUT2D eigenvalue weighted by Crippen LogP contribution is -2.41. The number of amides is 1. The molecule has 8 heteroatoms. The Morgan fingerprint density at radius 2 is 2.26 bits per heavy atom. The fourth-order valence-electron chi connectivity index (χ4n) is 3.01. The van der Waals surface area contributed by atoms with Crippen molar-refractivity contribution < 1.29 is 14.6 Å². The Morgan fingerprint density at radius 3 is 2.87 bits per heavy atom. The lowest BCUT2D eigenvalue weighted by Gasteiger charge is -2.31. The maximum atomic E-state index is 11.2. The van der Waals surface area contributed by atoms with Gasteiger partial charge in [-0.2, -0.15) is 5.10 Å². The van der Waals surface area contributed by atoms with Crippen LogP contribution in [0.5, 0.6) is 0 Å². The minimum atomic E-state index is -0.881. The molecule has 1 fully saturated rings. The number of ether oxygens (including phenoxy) is 1. The Kier molecular flexibility index (Phi) is 5.72. The molecule has 23 heavy (non-hydrogen) atoms. The molecule has 1 aromatic rings. The molecule has 0 bridgehead atoms. The Balaban J connectivity index is 2.20. The summed E-state index contributed by atoms with van der Waals surface area (Å²) in [6.07, 6.45) is 1.96. The van der Waals surface area contributed by atoms with Gasteiger partial charge >= 0.3 is 0 Å². The molecule has 1 aliphatic heterocycles. The summed E-state index contributed by atoms with van der Waals surface area (Å²) < 4.78 is 6.89. The minimum absolute atomic E-state index is 0.170. The van der Waals surface area contributed by atoms with Crippen LogP contribution in [-0.2, 0) is 22.7 Å². The molecule has 1 aliphatic rings. The number of aromatic nitrogens is 3. The molecule has 0 aliphatic carbocycles. The van der Waals surface area contributed by atoms with Gasteiger partial charge in [-0.15, -0.1) is 0 Å². The molecule has 3 N–H and O–H groups in total. The summed E-state index contributed by atoms with van der Waals surface area (Å²) in [5, 5.41) is 14.6. The molecule has 0 aromatic carbocycles. The van der Waals surface area contributed by atoms with Crippen molar-refractivity contribution in [1.82, 2.24) is 19.7 Å². The fraction of sp³-hybridized carbons (Fsp3) is 0.800. The first-order chi connectivity index (χ1) is 10.8. The van der Waals surface area contributed by atoms with Gasteiger partial charge in [0.1, 0.15) is 12.4 Å². The molecule has 1 amide bonds. The summed E-state index contributed by atoms with van der Waals surface area (Å²) in [6.45, 7) is 6.04. The van der Waals surface area contributed by atoms with Crippen molar-refractivity contribution in [3.63, 3.8) is 0 Å². The number of likely N-dealkylation sites (tertiary alicyclic amines) is 1. The van der Waals surface area contributed by atoms with E-state index in [0.717, 1.165) is 31.8 Å². The van der Waals surface area contributed by atoms with E-state index in [9.17, 15) is 9.90 Å². The summed E-state index contributed by atoms with van der Waals surface area (Å²) in [5.41, 5.74) is 4.42. The summed E-state index contributed by atoms with van der Waals surface area (Å²) in [6, 6.07) is 0. The molecule has 2 heterocycles. The number of hydrogen-bond acceptors (Lipinski definition) is 6. The van der Waals surface area contributed by atoms with E-state index in [1.165, 1.54) is 0 Å². The van der Waals surface area contributed by atoms with Gasteiger partial charge in [0.15, 0.2) is 5.82 Å². The number of carbonyl (C=O) groups is 1. The minimum Gasteiger partial charge on any atom is -0.389 e. The van der Waals surface area contributed by atoms with E-state index in [2.05, 4.69) is 15.0 Å². The molecule has 1 saturated heterocycles. The highest BCUT2D eigenvalue weighted by atomic mass is 16.5. The normalized spacial score (nSPS) is 19.9. The molecule has 0 spiro atoms. The quantitative estimate of drug-likeness (QED) is 0.723. The number of primary amides is 1. The second-order valence-electron chi connectivity index (χ2n) is 6.83. The Hall–Kier alpha value is -1.51. The lowest BCUT2D eigenvalue weighted by molar-refractivity contribution is -0.119. The predicted molar refractivity (Wildman–Crippen MR) is 84.6 cm³/mol. The maximum Gasteiger partial charge on any atom is 0.231 e. The van der Waals surface area contributed by atoms with Crippen LogP contribution in [0.15, 0.2) is 0 Å². The van der Waals surface area contributed by atoms with Crippen molar-refractivity contribution in [1.29, 1.82) is 0 Å². The molecule has 1 aromatic heterocycles. The molecule has 0 saturated carbocycles. The third-order valence-electron chi connectivity index (χ3n) is 3.80. The second-order valence-corrected chi connectivity index (χ2v) is 6.83. The molecule has 1 atom stereocenters. The van der Waals surface area contributed by atoms with Crippen molar-refractivity contribution in [2.45, 2.75) is 51.4 Å². The van der Waals surface area contributed by atoms with E-state index in [1.807, 2.05) is 0 Å². The van der Waals surface area contributed by atoms with E-state index < -0.39 is 5.60 Å². The van der Waals surface area contributed by atoms with Crippen LogP contribution >= 0.6 is 0 Å². The topological polar surface area (TPSA) is 106 Å². The van der Waals surface area contributed by atoms with Crippen molar-refractivity contribution >= 4 is 5.91 Å². The molecule has 8 nitrogen and oxygen atoms in total. The van der Waals surface area contributed by atoms with Crippen LogP contribution in [0.1, 0.15) is 44.3 Å². The van der Waals surface area contributed by atoms with Crippen LogP contribution in [0.4, 0.5) is 0 Å². The highest BCUT2D eigenvalue weighted by Crippen LogP contribution is 2.26. The van der Waals surface area contributed by atoms with E-state index in [0.29, 0.717) is 19.0 Å². The van der Waals surface area contributed by atoms with E-state index >= 15 is 0 Å². The molecule has 130 valence electrons. The van der Waals surface area contributed by atoms with Gasteiger partial charge in [-0.3, -0.25) is 9.69 Å². The maximum absolute atomic E-state index is 11.2. The number of hydrogen-bond donors (Lipinski definition) is 2. The second kappa shape index (κ2) is 7.37. The third-order valence-corrected chi connectivity index (χ3v) is 3.80. The predicted octanol–water partition coefficient (Wildman–Crippen LogP) is -0.140. The van der Waals surface area contributed by atoms with Crippen LogP contribution in [0.3, 0.4) is 0 Å². The summed E-state index contributed by atoms with van der Waals surface area (Å²) in [5.74, 6) is 1.30. The smallest absolute Gasteiger partial charge is 0.231 e. The number of piperidine rings is 1.